The first-order valence-corrected chi connectivity index (χ1v) is 8.11. The monoisotopic (exact) mass is 323 g/mol. The molecule has 3 nitrogen and oxygen atoms in total. The van der Waals surface area contributed by atoms with Gasteiger partial charge in [0.2, 0.25) is 0 Å². The molecule has 1 aliphatic carbocycles. The number of nitrogens with two attached hydrogens (primary N) is 1. The van der Waals surface area contributed by atoms with Gasteiger partial charge < -0.3 is 10.3 Å². The van der Waals surface area contributed by atoms with Crippen LogP contribution in [0.5, 0.6) is 0 Å². The van der Waals surface area contributed by atoms with Gasteiger partial charge in [-0.05, 0) is 18.9 Å². The molecule has 1 heterocycles. The van der Waals surface area contributed by atoms with Crippen LogP contribution < -0.4 is 5.73 Å². The Labute approximate surface area is 135 Å². The molecule has 1 aromatic carbocycles. The van der Waals surface area contributed by atoms with Crippen LogP contribution in [0.1, 0.15) is 43.8 Å². The Morgan fingerprint density at radius 2 is 1.90 bits per heavy atom. The van der Waals surface area contributed by atoms with Crippen LogP contribution in [-0.2, 0) is 7.05 Å². The van der Waals surface area contributed by atoms with Crippen LogP contribution in [0.4, 0.5) is 5.82 Å². The first-order chi connectivity index (χ1) is 10.1. The molecule has 2 N–H and O–H groups in total. The lowest BCUT2D eigenvalue weighted by atomic mass is 9.89. The standard InChI is InChI=1S/C16H19Cl2N3/c1-21-15(19)14(11-8-5-9-12(17)13(11)18)20-16(21)10-6-3-2-4-7-10/h5,8-10H,2-4,6-7,19H2,1H3. The Hall–Kier alpha value is -1.19. The van der Waals surface area contributed by atoms with E-state index in [0.29, 0.717) is 21.8 Å². The summed E-state index contributed by atoms with van der Waals surface area (Å²) in [4.78, 5) is 4.80. The van der Waals surface area contributed by atoms with Gasteiger partial charge in [-0.15, -0.1) is 0 Å². The van der Waals surface area contributed by atoms with Gasteiger partial charge in [-0.2, -0.15) is 0 Å². The van der Waals surface area contributed by atoms with E-state index in [1.54, 1.807) is 6.07 Å². The molecule has 1 aliphatic rings. The van der Waals surface area contributed by atoms with E-state index in [0.717, 1.165) is 17.1 Å². The van der Waals surface area contributed by atoms with Crippen LogP contribution >= 0.6 is 23.2 Å². The van der Waals surface area contributed by atoms with Crippen molar-refractivity contribution in [3.63, 3.8) is 0 Å². The normalized spacial score (nSPS) is 16.3. The second-order valence-corrected chi connectivity index (χ2v) is 6.48. The van der Waals surface area contributed by atoms with Gasteiger partial charge in [-0.1, -0.05) is 54.6 Å². The van der Waals surface area contributed by atoms with E-state index in [-0.39, 0.29) is 0 Å². The molecule has 3 rings (SSSR count). The number of halogens is 2. The average Bonchev–Trinajstić information content (AvgIpc) is 2.79. The van der Waals surface area contributed by atoms with Crippen molar-refractivity contribution in [1.82, 2.24) is 9.55 Å². The predicted molar refractivity (Wildman–Crippen MR) is 88.9 cm³/mol. The maximum absolute atomic E-state index is 6.31. The summed E-state index contributed by atoms with van der Waals surface area (Å²) in [6.07, 6.45) is 6.23. The third kappa shape index (κ3) is 2.65. The molecule has 112 valence electrons. The molecule has 0 spiro atoms. The lowest BCUT2D eigenvalue weighted by Gasteiger charge is -2.21. The van der Waals surface area contributed by atoms with E-state index in [1.165, 1.54) is 32.1 Å². The highest BCUT2D eigenvalue weighted by molar-refractivity contribution is 6.43. The summed E-state index contributed by atoms with van der Waals surface area (Å²) in [6, 6.07) is 5.56. The van der Waals surface area contributed by atoms with Gasteiger partial charge in [0, 0.05) is 18.5 Å². The molecule has 0 atom stereocenters. The fourth-order valence-electron chi connectivity index (χ4n) is 3.14. The molecule has 0 aliphatic heterocycles. The Morgan fingerprint density at radius 3 is 2.62 bits per heavy atom. The second-order valence-electron chi connectivity index (χ2n) is 5.70. The molecule has 21 heavy (non-hydrogen) atoms. The highest BCUT2D eigenvalue weighted by Crippen LogP contribution is 2.39. The first-order valence-electron chi connectivity index (χ1n) is 7.36. The molecule has 1 saturated carbocycles. The number of rotatable bonds is 2. The number of nitrogen functional groups attached to an aromatic ring is 1. The zero-order valence-corrected chi connectivity index (χ0v) is 13.6. The largest absolute Gasteiger partial charge is 0.383 e. The topological polar surface area (TPSA) is 43.8 Å². The SMILES string of the molecule is Cn1c(C2CCCCC2)nc(-c2cccc(Cl)c2Cl)c1N. The molecule has 0 saturated heterocycles. The van der Waals surface area contributed by atoms with Crippen molar-refractivity contribution in [2.75, 3.05) is 5.73 Å². The van der Waals surface area contributed by atoms with Gasteiger partial charge in [0.05, 0.1) is 10.0 Å². The minimum absolute atomic E-state index is 0.498. The van der Waals surface area contributed by atoms with Crippen molar-refractivity contribution in [3.05, 3.63) is 34.1 Å². The number of nitrogens with zero attached hydrogens (tertiary/aromatic N) is 2. The molecule has 0 bridgehead atoms. The van der Waals surface area contributed by atoms with Crippen molar-refractivity contribution >= 4 is 29.0 Å². The zero-order chi connectivity index (χ0) is 15.0. The van der Waals surface area contributed by atoms with Crippen LogP contribution in [0.15, 0.2) is 18.2 Å². The van der Waals surface area contributed by atoms with Gasteiger partial charge in [0.15, 0.2) is 0 Å². The van der Waals surface area contributed by atoms with Gasteiger partial charge in [-0.3, -0.25) is 0 Å². The Morgan fingerprint density at radius 1 is 1.19 bits per heavy atom. The summed E-state index contributed by atoms with van der Waals surface area (Å²) >= 11 is 12.4. The maximum atomic E-state index is 6.31. The number of anilines is 1. The second kappa shape index (κ2) is 5.90. The number of aromatic nitrogens is 2. The molecular weight excluding hydrogens is 305 g/mol. The van der Waals surface area contributed by atoms with E-state index in [2.05, 4.69) is 0 Å². The highest BCUT2D eigenvalue weighted by Gasteiger charge is 2.24. The Balaban J connectivity index is 2.06. The highest BCUT2D eigenvalue weighted by atomic mass is 35.5. The summed E-state index contributed by atoms with van der Waals surface area (Å²) in [6.45, 7) is 0. The van der Waals surface area contributed by atoms with Gasteiger partial charge >= 0.3 is 0 Å². The summed E-state index contributed by atoms with van der Waals surface area (Å²) in [5, 5.41) is 1.04. The summed E-state index contributed by atoms with van der Waals surface area (Å²) in [5.74, 6) is 2.22. The molecule has 1 aromatic heterocycles. The molecule has 0 amide bonds. The van der Waals surface area contributed by atoms with Crippen molar-refractivity contribution in [3.8, 4) is 11.3 Å². The zero-order valence-electron chi connectivity index (χ0n) is 12.1. The van der Waals surface area contributed by atoms with Gasteiger partial charge in [-0.25, -0.2) is 4.98 Å². The van der Waals surface area contributed by atoms with Crippen LogP contribution in [0.25, 0.3) is 11.3 Å². The molecule has 5 heteroatoms. The quantitative estimate of drug-likeness (QED) is 0.842. The van der Waals surface area contributed by atoms with E-state index in [1.807, 2.05) is 23.7 Å². The number of imidazole rings is 1. The Kier molecular flexibility index (Phi) is 4.14. The summed E-state index contributed by atoms with van der Waals surface area (Å²) in [7, 11) is 1.98. The maximum Gasteiger partial charge on any atom is 0.131 e. The first kappa shape index (κ1) is 14.7. The van der Waals surface area contributed by atoms with Crippen LogP contribution in [0, 0.1) is 0 Å². The van der Waals surface area contributed by atoms with Gasteiger partial charge in [0.25, 0.3) is 0 Å². The smallest absolute Gasteiger partial charge is 0.131 e. The third-order valence-electron chi connectivity index (χ3n) is 4.35. The Bertz CT molecular complexity index is 658. The van der Waals surface area contributed by atoms with E-state index < -0.39 is 0 Å². The fourth-order valence-corrected chi connectivity index (χ4v) is 3.53. The third-order valence-corrected chi connectivity index (χ3v) is 5.17. The van der Waals surface area contributed by atoms with Gasteiger partial charge in [0.1, 0.15) is 17.3 Å². The van der Waals surface area contributed by atoms with Crippen molar-refractivity contribution < 1.29 is 0 Å². The minimum atomic E-state index is 0.498. The predicted octanol–water partition coefficient (Wildman–Crippen LogP) is 5.02. The average molecular weight is 324 g/mol. The number of hydrogen-bond donors (Lipinski definition) is 1. The van der Waals surface area contributed by atoms with E-state index in [4.69, 9.17) is 33.9 Å². The van der Waals surface area contributed by atoms with Crippen LogP contribution in [0.3, 0.4) is 0 Å². The van der Waals surface area contributed by atoms with Crippen molar-refractivity contribution in [2.24, 2.45) is 7.05 Å². The lowest BCUT2D eigenvalue weighted by molar-refractivity contribution is 0.422. The minimum Gasteiger partial charge on any atom is -0.383 e. The molecule has 1 fully saturated rings. The molecule has 0 radical (unpaired) electrons. The molecule has 2 aromatic rings. The van der Waals surface area contributed by atoms with E-state index in [9.17, 15) is 0 Å². The summed E-state index contributed by atoms with van der Waals surface area (Å²) in [5.41, 5.74) is 7.81. The van der Waals surface area contributed by atoms with Crippen molar-refractivity contribution in [1.29, 1.82) is 0 Å². The molecular formula is C16H19Cl2N3. The number of hydrogen-bond acceptors (Lipinski definition) is 2. The van der Waals surface area contributed by atoms with Crippen molar-refractivity contribution in [2.45, 2.75) is 38.0 Å². The molecule has 0 unspecified atom stereocenters. The van der Waals surface area contributed by atoms with Crippen LogP contribution in [0.2, 0.25) is 10.0 Å². The van der Waals surface area contributed by atoms with Crippen LogP contribution in [-0.4, -0.2) is 9.55 Å². The lowest BCUT2D eigenvalue weighted by Crippen LogP contribution is -2.11. The summed E-state index contributed by atoms with van der Waals surface area (Å²) < 4.78 is 2.00. The van der Waals surface area contributed by atoms with E-state index >= 15 is 0 Å². The fraction of sp³-hybridized carbons (Fsp3) is 0.438. The number of benzene rings is 1.